The van der Waals surface area contributed by atoms with E-state index in [0.29, 0.717) is 36.0 Å². The van der Waals surface area contributed by atoms with Crippen molar-refractivity contribution in [1.29, 1.82) is 0 Å². The second kappa shape index (κ2) is 8.41. The molecule has 1 heterocycles. The van der Waals surface area contributed by atoms with Crippen molar-refractivity contribution in [2.24, 2.45) is 5.92 Å². The molecule has 0 aliphatic rings. The van der Waals surface area contributed by atoms with Gasteiger partial charge >= 0.3 is 5.97 Å². The minimum absolute atomic E-state index is 0.174. The number of para-hydroxylation sites is 1. The monoisotopic (exact) mass is 345 g/mol. The first kappa shape index (κ1) is 18.6. The molecule has 25 heavy (non-hydrogen) atoms. The van der Waals surface area contributed by atoms with Crippen molar-refractivity contribution >= 4 is 22.8 Å². The maximum atomic E-state index is 12.0. The third-order valence-electron chi connectivity index (χ3n) is 3.82. The van der Waals surface area contributed by atoms with E-state index in [2.05, 4.69) is 15.3 Å². The molecule has 0 spiro atoms. The maximum Gasteiger partial charge on any atom is 0.326 e. The summed E-state index contributed by atoms with van der Waals surface area (Å²) in [4.78, 5) is 42.2. The summed E-state index contributed by atoms with van der Waals surface area (Å²) in [7, 11) is 0. The summed E-state index contributed by atoms with van der Waals surface area (Å²) in [6.07, 6.45) is 1.48. The van der Waals surface area contributed by atoms with E-state index in [1.165, 1.54) is 0 Å². The number of aryl methyl sites for hydroxylation is 1. The van der Waals surface area contributed by atoms with Crippen LogP contribution in [0.25, 0.3) is 10.9 Å². The molecule has 0 radical (unpaired) electrons. The standard InChI is InChI=1S/C18H23N3O4/c1-11(2)10-14(18(24)25)20-16(22)9-5-8-15-19-13-7-4-3-6-12(13)17(23)21-15/h3-4,6-7,11,14H,5,8-10H2,1-2H3,(H,20,22)(H,24,25)(H,19,21,23). The Morgan fingerprint density at radius 2 is 2.00 bits per heavy atom. The topological polar surface area (TPSA) is 112 Å². The molecule has 1 aromatic heterocycles. The summed E-state index contributed by atoms with van der Waals surface area (Å²) < 4.78 is 0. The van der Waals surface area contributed by atoms with E-state index < -0.39 is 12.0 Å². The molecule has 1 aromatic carbocycles. The van der Waals surface area contributed by atoms with Crippen LogP contribution in [-0.4, -0.2) is 33.0 Å². The summed E-state index contributed by atoms with van der Waals surface area (Å²) in [6.45, 7) is 3.81. The summed E-state index contributed by atoms with van der Waals surface area (Å²) in [6, 6.07) is 6.20. The van der Waals surface area contributed by atoms with E-state index in [1.807, 2.05) is 19.9 Å². The second-order valence-corrected chi connectivity index (χ2v) is 6.47. The lowest BCUT2D eigenvalue weighted by molar-refractivity contribution is -0.142. The summed E-state index contributed by atoms with van der Waals surface area (Å²) >= 11 is 0. The Labute approximate surface area is 145 Å². The smallest absolute Gasteiger partial charge is 0.326 e. The van der Waals surface area contributed by atoms with E-state index >= 15 is 0 Å². The first-order valence-electron chi connectivity index (χ1n) is 8.37. The lowest BCUT2D eigenvalue weighted by Gasteiger charge is -2.16. The average molecular weight is 345 g/mol. The van der Waals surface area contributed by atoms with Crippen molar-refractivity contribution < 1.29 is 14.7 Å². The molecule has 1 unspecified atom stereocenters. The van der Waals surface area contributed by atoms with Crippen LogP contribution in [0.1, 0.15) is 38.9 Å². The number of fused-ring (bicyclic) bond motifs is 1. The van der Waals surface area contributed by atoms with Gasteiger partial charge in [-0.3, -0.25) is 9.59 Å². The summed E-state index contributed by atoms with van der Waals surface area (Å²) in [5.41, 5.74) is 0.418. The fraction of sp³-hybridized carbons (Fsp3) is 0.444. The number of aromatic nitrogens is 2. The molecule has 7 heteroatoms. The van der Waals surface area contributed by atoms with Crippen LogP contribution in [0.15, 0.2) is 29.1 Å². The van der Waals surface area contributed by atoms with Crippen molar-refractivity contribution in [3.8, 4) is 0 Å². The van der Waals surface area contributed by atoms with Gasteiger partial charge in [0, 0.05) is 12.8 Å². The van der Waals surface area contributed by atoms with Gasteiger partial charge in [-0.05, 0) is 30.9 Å². The van der Waals surface area contributed by atoms with Gasteiger partial charge in [-0.15, -0.1) is 0 Å². The van der Waals surface area contributed by atoms with Crippen LogP contribution in [-0.2, 0) is 16.0 Å². The van der Waals surface area contributed by atoms with Crippen molar-refractivity contribution in [2.75, 3.05) is 0 Å². The van der Waals surface area contributed by atoms with Gasteiger partial charge < -0.3 is 15.4 Å². The highest BCUT2D eigenvalue weighted by Gasteiger charge is 2.20. The molecule has 0 aliphatic heterocycles. The van der Waals surface area contributed by atoms with E-state index in [4.69, 9.17) is 5.11 Å². The molecule has 2 aromatic rings. The maximum absolute atomic E-state index is 12.0. The van der Waals surface area contributed by atoms with Gasteiger partial charge in [0.25, 0.3) is 5.56 Å². The zero-order valence-corrected chi connectivity index (χ0v) is 14.4. The van der Waals surface area contributed by atoms with Gasteiger partial charge in [-0.1, -0.05) is 26.0 Å². The molecule has 1 amide bonds. The molecule has 1 atom stereocenters. The molecule has 0 saturated carbocycles. The normalized spacial score (nSPS) is 12.3. The van der Waals surface area contributed by atoms with E-state index in [0.717, 1.165) is 0 Å². The highest BCUT2D eigenvalue weighted by Crippen LogP contribution is 2.08. The fourth-order valence-corrected chi connectivity index (χ4v) is 2.63. The van der Waals surface area contributed by atoms with Crippen LogP contribution in [0.4, 0.5) is 0 Å². The molecular formula is C18H23N3O4. The van der Waals surface area contributed by atoms with Gasteiger partial charge in [-0.25, -0.2) is 9.78 Å². The van der Waals surface area contributed by atoms with E-state index in [1.54, 1.807) is 18.2 Å². The number of H-pyrrole nitrogens is 1. The van der Waals surface area contributed by atoms with Crippen LogP contribution >= 0.6 is 0 Å². The van der Waals surface area contributed by atoms with E-state index in [-0.39, 0.29) is 23.8 Å². The molecule has 3 N–H and O–H groups in total. The van der Waals surface area contributed by atoms with Gasteiger partial charge in [0.15, 0.2) is 0 Å². The van der Waals surface area contributed by atoms with Crippen molar-refractivity contribution in [3.05, 3.63) is 40.4 Å². The van der Waals surface area contributed by atoms with Crippen LogP contribution in [0.2, 0.25) is 0 Å². The minimum Gasteiger partial charge on any atom is -0.480 e. The number of rotatable bonds is 8. The zero-order valence-electron chi connectivity index (χ0n) is 14.4. The number of hydrogen-bond donors (Lipinski definition) is 3. The summed E-state index contributed by atoms with van der Waals surface area (Å²) in [5, 5.41) is 12.2. The SMILES string of the molecule is CC(C)CC(NC(=O)CCCc1nc2ccccc2c(=O)[nH]1)C(=O)O. The number of aromatic amines is 1. The van der Waals surface area contributed by atoms with Crippen molar-refractivity contribution in [3.63, 3.8) is 0 Å². The van der Waals surface area contributed by atoms with E-state index in [9.17, 15) is 14.4 Å². The molecule has 134 valence electrons. The molecule has 0 bridgehead atoms. The number of nitrogens with zero attached hydrogens (tertiary/aromatic N) is 1. The predicted molar refractivity (Wildman–Crippen MR) is 94.3 cm³/mol. The van der Waals surface area contributed by atoms with Crippen molar-refractivity contribution in [1.82, 2.24) is 15.3 Å². The highest BCUT2D eigenvalue weighted by atomic mass is 16.4. The lowest BCUT2D eigenvalue weighted by atomic mass is 10.0. The Morgan fingerprint density at radius 3 is 2.68 bits per heavy atom. The van der Waals surface area contributed by atoms with Crippen LogP contribution < -0.4 is 10.9 Å². The number of carbonyl (C=O) groups excluding carboxylic acids is 1. The van der Waals surface area contributed by atoms with Gasteiger partial charge in [-0.2, -0.15) is 0 Å². The second-order valence-electron chi connectivity index (χ2n) is 6.47. The number of carboxylic acid groups (broad SMARTS) is 1. The summed E-state index contributed by atoms with van der Waals surface area (Å²) in [5.74, 6) is -0.638. The largest absolute Gasteiger partial charge is 0.480 e. The number of nitrogens with one attached hydrogen (secondary N) is 2. The van der Waals surface area contributed by atoms with Crippen molar-refractivity contribution in [2.45, 2.75) is 45.6 Å². The molecule has 0 saturated heterocycles. The minimum atomic E-state index is -1.03. The quantitative estimate of drug-likeness (QED) is 0.676. The lowest BCUT2D eigenvalue weighted by Crippen LogP contribution is -2.41. The number of amides is 1. The van der Waals surface area contributed by atoms with Crippen LogP contribution in [0, 0.1) is 5.92 Å². The van der Waals surface area contributed by atoms with Gasteiger partial charge in [0.05, 0.1) is 10.9 Å². The number of carbonyl (C=O) groups is 2. The number of carboxylic acids is 1. The Bertz CT molecular complexity index is 813. The fourth-order valence-electron chi connectivity index (χ4n) is 2.63. The third-order valence-corrected chi connectivity index (χ3v) is 3.82. The molecular weight excluding hydrogens is 322 g/mol. The average Bonchev–Trinajstić information content (AvgIpc) is 2.54. The molecule has 7 nitrogen and oxygen atoms in total. The Balaban J connectivity index is 1.90. The van der Waals surface area contributed by atoms with Gasteiger partial charge in [0.2, 0.25) is 5.91 Å². The Kier molecular flexibility index (Phi) is 6.27. The van der Waals surface area contributed by atoms with Crippen LogP contribution in [0.5, 0.6) is 0 Å². The Morgan fingerprint density at radius 1 is 1.28 bits per heavy atom. The molecule has 2 rings (SSSR count). The first-order chi connectivity index (χ1) is 11.9. The van der Waals surface area contributed by atoms with Gasteiger partial charge in [0.1, 0.15) is 11.9 Å². The number of benzene rings is 1. The zero-order chi connectivity index (χ0) is 18.4. The molecule has 0 fully saturated rings. The highest BCUT2D eigenvalue weighted by molar-refractivity contribution is 5.83. The Hall–Kier alpha value is -2.70. The number of aliphatic carboxylic acids is 1. The third kappa shape index (κ3) is 5.41. The predicted octanol–water partition coefficient (Wildman–Crippen LogP) is 1.86. The molecule has 0 aliphatic carbocycles. The van der Waals surface area contributed by atoms with Crippen LogP contribution in [0.3, 0.4) is 0 Å². The first-order valence-corrected chi connectivity index (χ1v) is 8.37. The number of hydrogen-bond acceptors (Lipinski definition) is 4.